The van der Waals surface area contributed by atoms with Crippen molar-refractivity contribution >= 4 is 39.1 Å². The summed E-state index contributed by atoms with van der Waals surface area (Å²) in [6.45, 7) is 3.77. The summed E-state index contributed by atoms with van der Waals surface area (Å²) >= 11 is 10.4. The number of nitrogens with zero attached hydrogens (tertiary/aromatic N) is 1. The number of hydrogen-bond acceptors (Lipinski definition) is 6. The van der Waals surface area contributed by atoms with Gasteiger partial charge in [0.2, 0.25) is 0 Å². The third-order valence-electron chi connectivity index (χ3n) is 7.60. The van der Waals surface area contributed by atoms with E-state index in [4.69, 9.17) is 25.8 Å². The van der Waals surface area contributed by atoms with Crippen molar-refractivity contribution in [3.05, 3.63) is 79.6 Å². The predicted molar refractivity (Wildman–Crippen MR) is 154 cm³/mol. The minimum atomic E-state index is -0.469. The molecule has 5 rings (SSSR count). The number of allylic oxidation sites excluding steroid dienone is 4. The Bertz CT molecular complexity index is 1310. The highest BCUT2D eigenvalue weighted by Gasteiger charge is 2.43. The van der Waals surface area contributed by atoms with E-state index >= 15 is 0 Å². The highest BCUT2D eigenvalue weighted by Crippen LogP contribution is 2.51. The molecule has 206 valence electrons. The monoisotopic (exact) mass is 613 g/mol. The second kappa shape index (κ2) is 12.3. The Hall–Kier alpha value is -2.61. The van der Waals surface area contributed by atoms with Crippen LogP contribution in [0.3, 0.4) is 0 Å². The highest BCUT2D eigenvalue weighted by atomic mass is 79.9. The fourth-order valence-corrected chi connectivity index (χ4v) is 6.60. The van der Waals surface area contributed by atoms with Crippen LogP contribution >= 0.6 is 27.5 Å². The number of ether oxygens (including phenoxy) is 3. The van der Waals surface area contributed by atoms with E-state index in [1.807, 2.05) is 43.3 Å². The minimum Gasteiger partial charge on any atom is -0.490 e. The van der Waals surface area contributed by atoms with Crippen molar-refractivity contribution in [2.75, 3.05) is 26.9 Å². The lowest BCUT2D eigenvalue weighted by molar-refractivity contribution is -0.117. The molecule has 1 aliphatic heterocycles. The molecule has 0 N–H and O–H groups in total. The van der Waals surface area contributed by atoms with Crippen LogP contribution in [0.4, 0.5) is 0 Å². The maximum atomic E-state index is 13.5. The van der Waals surface area contributed by atoms with Crippen molar-refractivity contribution in [2.24, 2.45) is 0 Å². The summed E-state index contributed by atoms with van der Waals surface area (Å²) in [6, 6.07) is 11.6. The Balaban J connectivity index is 1.61. The van der Waals surface area contributed by atoms with Gasteiger partial charge in [-0.25, -0.2) is 0 Å². The molecule has 1 heterocycles. The number of benzene rings is 2. The average molecular weight is 615 g/mol. The van der Waals surface area contributed by atoms with Crippen LogP contribution in [-0.4, -0.2) is 43.3 Å². The molecule has 0 unspecified atom stereocenters. The van der Waals surface area contributed by atoms with Gasteiger partial charge in [0.1, 0.15) is 6.61 Å². The van der Waals surface area contributed by atoms with Crippen molar-refractivity contribution in [1.29, 1.82) is 0 Å². The molecule has 0 saturated carbocycles. The van der Waals surface area contributed by atoms with E-state index in [-0.39, 0.29) is 11.6 Å². The molecule has 3 aliphatic rings. The third kappa shape index (κ3) is 5.54. The van der Waals surface area contributed by atoms with Gasteiger partial charge in [0, 0.05) is 65.0 Å². The molecule has 2 aliphatic carbocycles. The first-order chi connectivity index (χ1) is 18.9. The molecule has 0 bridgehead atoms. The van der Waals surface area contributed by atoms with Gasteiger partial charge in [0.05, 0.1) is 18.2 Å². The Morgan fingerprint density at radius 1 is 0.974 bits per heavy atom. The van der Waals surface area contributed by atoms with E-state index in [0.717, 1.165) is 52.7 Å². The van der Waals surface area contributed by atoms with E-state index in [1.165, 1.54) is 0 Å². The smallest absolute Gasteiger partial charge is 0.180 e. The Labute approximate surface area is 243 Å². The van der Waals surface area contributed by atoms with Gasteiger partial charge in [-0.15, -0.1) is 0 Å². The molecule has 39 heavy (non-hydrogen) atoms. The van der Waals surface area contributed by atoms with Gasteiger partial charge in [0.15, 0.2) is 23.1 Å². The van der Waals surface area contributed by atoms with Crippen LogP contribution in [0.25, 0.3) is 0 Å². The summed E-state index contributed by atoms with van der Waals surface area (Å²) in [5, 5.41) is 0.389. The first-order valence-corrected chi connectivity index (χ1v) is 14.7. The fourth-order valence-electron chi connectivity index (χ4n) is 5.93. The van der Waals surface area contributed by atoms with Crippen LogP contribution in [0.15, 0.2) is 63.4 Å². The largest absolute Gasteiger partial charge is 0.490 e. The maximum absolute atomic E-state index is 13.5. The molecule has 0 fully saturated rings. The summed E-state index contributed by atoms with van der Waals surface area (Å²) in [7, 11) is 1.67. The quantitative estimate of drug-likeness (QED) is 0.299. The summed E-state index contributed by atoms with van der Waals surface area (Å²) in [5.41, 5.74) is 5.23. The Morgan fingerprint density at radius 3 is 2.26 bits per heavy atom. The van der Waals surface area contributed by atoms with Crippen molar-refractivity contribution in [3.8, 4) is 11.5 Å². The summed E-state index contributed by atoms with van der Waals surface area (Å²) < 4.78 is 18.5. The minimum absolute atomic E-state index is 0.0944. The number of ketones is 2. The summed E-state index contributed by atoms with van der Waals surface area (Å²) in [5.74, 6) is 0.672. The van der Waals surface area contributed by atoms with Gasteiger partial charge in [-0.05, 0) is 56.4 Å². The average Bonchev–Trinajstić information content (AvgIpc) is 2.92. The van der Waals surface area contributed by atoms with Crippen LogP contribution in [0.2, 0.25) is 5.02 Å². The normalized spacial score (nSPS) is 17.9. The maximum Gasteiger partial charge on any atom is 0.180 e. The van der Waals surface area contributed by atoms with Crippen LogP contribution < -0.4 is 9.47 Å². The lowest BCUT2D eigenvalue weighted by Gasteiger charge is -2.44. The fraction of sp³-hybridized carbons (Fsp3) is 0.419. The van der Waals surface area contributed by atoms with E-state index < -0.39 is 5.92 Å². The number of carbonyl (C=O) groups is 2. The van der Waals surface area contributed by atoms with Crippen molar-refractivity contribution in [2.45, 2.75) is 58.0 Å². The second-order valence-corrected chi connectivity index (χ2v) is 11.3. The second-order valence-electron chi connectivity index (χ2n) is 9.99. The number of rotatable bonds is 9. The lowest BCUT2D eigenvalue weighted by atomic mass is 9.71. The third-order valence-corrected chi connectivity index (χ3v) is 8.65. The molecule has 0 atom stereocenters. The molecule has 0 spiro atoms. The van der Waals surface area contributed by atoms with Crippen LogP contribution in [0.5, 0.6) is 11.5 Å². The highest BCUT2D eigenvalue weighted by molar-refractivity contribution is 9.10. The number of carbonyl (C=O) groups excluding carboxylic acids is 2. The molecule has 0 aromatic heterocycles. The van der Waals surface area contributed by atoms with E-state index in [1.54, 1.807) is 7.11 Å². The Kier molecular flexibility index (Phi) is 8.79. The Morgan fingerprint density at radius 2 is 1.64 bits per heavy atom. The van der Waals surface area contributed by atoms with Crippen molar-refractivity contribution in [3.63, 3.8) is 0 Å². The first-order valence-electron chi connectivity index (χ1n) is 13.6. The zero-order valence-corrected chi connectivity index (χ0v) is 24.7. The van der Waals surface area contributed by atoms with Crippen LogP contribution in [0.1, 0.15) is 62.5 Å². The number of halogens is 2. The predicted octanol–water partition coefficient (Wildman–Crippen LogP) is 7.14. The topological polar surface area (TPSA) is 65.1 Å². The SMILES string of the molecule is CCOc1cc(C2C3=C(CCCC3=O)N(CCOC)C3=C2C(=O)CCC3)cc(Cl)c1OCc1ccccc1Br. The van der Waals surface area contributed by atoms with Crippen molar-refractivity contribution in [1.82, 2.24) is 4.90 Å². The van der Waals surface area contributed by atoms with Gasteiger partial charge in [-0.3, -0.25) is 9.59 Å². The van der Waals surface area contributed by atoms with Gasteiger partial charge >= 0.3 is 0 Å². The van der Waals surface area contributed by atoms with Crippen molar-refractivity contribution < 1.29 is 23.8 Å². The molecular formula is C31H33BrClNO5. The molecule has 0 amide bonds. The molecule has 0 radical (unpaired) electrons. The zero-order valence-electron chi connectivity index (χ0n) is 22.4. The van der Waals surface area contributed by atoms with Gasteiger partial charge < -0.3 is 19.1 Å². The number of hydrogen-bond donors (Lipinski definition) is 0. The van der Waals surface area contributed by atoms with Crippen LogP contribution in [0, 0.1) is 0 Å². The molecule has 2 aromatic carbocycles. The summed E-state index contributed by atoms with van der Waals surface area (Å²) in [4.78, 5) is 29.2. The number of methoxy groups -OCH3 is 1. The van der Waals surface area contributed by atoms with E-state index in [2.05, 4.69) is 20.8 Å². The first kappa shape index (κ1) is 27.9. The molecule has 8 heteroatoms. The molecular weight excluding hydrogens is 582 g/mol. The lowest BCUT2D eigenvalue weighted by Crippen LogP contribution is -2.40. The van der Waals surface area contributed by atoms with E-state index in [9.17, 15) is 9.59 Å². The summed E-state index contributed by atoms with van der Waals surface area (Å²) in [6.07, 6.45) is 4.15. The van der Waals surface area contributed by atoms with Crippen LogP contribution in [-0.2, 0) is 20.9 Å². The molecule has 0 saturated heterocycles. The van der Waals surface area contributed by atoms with Gasteiger partial charge in [0.25, 0.3) is 0 Å². The standard InChI is InChI=1S/C31H33BrClNO5/c1-3-38-27-17-20(16-22(33)31(27)39-18-19-8-4-5-9-21(19)32)28-29-23(10-6-12-25(29)35)34(14-15-37-2)24-11-7-13-26(36)30(24)28/h4-5,8-9,16-17,28H,3,6-7,10-15,18H2,1-2H3. The van der Waals surface area contributed by atoms with E-state index in [0.29, 0.717) is 66.9 Å². The number of Topliss-reactive ketones (excluding diaryl/α,β-unsaturated/α-hetero) is 2. The molecule has 2 aromatic rings. The molecule has 6 nitrogen and oxygen atoms in total. The zero-order chi connectivity index (χ0) is 27.5. The van der Waals surface area contributed by atoms with Gasteiger partial charge in [-0.2, -0.15) is 0 Å². The van der Waals surface area contributed by atoms with Gasteiger partial charge in [-0.1, -0.05) is 45.7 Å².